The summed E-state index contributed by atoms with van der Waals surface area (Å²) >= 11 is 0. The highest BCUT2D eigenvalue weighted by Crippen LogP contribution is 2.20. The lowest BCUT2D eigenvalue weighted by atomic mass is 10.1. The Kier molecular flexibility index (Phi) is 7.89. The molecule has 0 aliphatic carbocycles. The number of aliphatic imine (C=N–C) groups is 1. The first-order valence-corrected chi connectivity index (χ1v) is 6.83. The summed E-state index contributed by atoms with van der Waals surface area (Å²) in [7, 11) is 3.60. The molecule has 21 heavy (non-hydrogen) atoms. The van der Waals surface area contributed by atoms with Crippen molar-refractivity contribution in [2.75, 3.05) is 27.2 Å². The van der Waals surface area contributed by atoms with E-state index in [2.05, 4.69) is 39.9 Å². The van der Waals surface area contributed by atoms with E-state index in [9.17, 15) is 0 Å². The highest BCUT2D eigenvalue weighted by molar-refractivity contribution is 14.0. The van der Waals surface area contributed by atoms with E-state index < -0.39 is 0 Å². The Morgan fingerprint density at radius 1 is 1.14 bits per heavy atom. The van der Waals surface area contributed by atoms with E-state index in [0.29, 0.717) is 6.61 Å². The number of fused-ring (bicyclic) bond motifs is 1. The Labute approximate surface area is 143 Å². The Morgan fingerprint density at radius 3 is 2.62 bits per heavy atom. The van der Waals surface area contributed by atoms with Crippen LogP contribution in [0, 0.1) is 0 Å². The number of ether oxygens (including phenoxy) is 1. The molecular weight excluding hydrogens is 377 g/mol. The summed E-state index contributed by atoms with van der Waals surface area (Å²) in [6, 6.07) is 14.5. The van der Waals surface area contributed by atoms with Crippen molar-refractivity contribution >= 4 is 40.7 Å². The monoisotopic (exact) mass is 399 g/mol. The van der Waals surface area contributed by atoms with Crippen LogP contribution in [0.2, 0.25) is 0 Å². The lowest BCUT2D eigenvalue weighted by molar-refractivity contribution is 0.311. The second-order valence-corrected chi connectivity index (χ2v) is 4.46. The summed E-state index contributed by atoms with van der Waals surface area (Å²) < 4.78 is 5.76. The number of hydrogen-bond acceptors (Lipinski definition) is 2. The number of nitrogens with zero attached hydrogens (tertiary/aromatic N) is 1. The van der Waals surface area contributed by atoms with Crippen LogP contribution in [0.5, 0.6) is 5.75 Å². The van der Waals surface area contributed by atoms with Crippen molar-refractivity contribution in [1.82, 2.24) is 10.6 Å². The highest BCUT2D eigenvalue weighted by Gasteiger charge is 1.97. The molecule has 0 bridgehead atoms. The minimum atomic E-state index is 0. The molecule has 5 heteroatoms. The topological polar surface area (TPSA) is 45.7 Å². The maximum atomic E-state index is 5.76. The van der Waals surface area contributed by atoms with E-state index in [1.54, 1.807) is 7.05 Å². The van der Waals surface area contributed by atoms with Crippen LogP contribution in [-0.2, 0) is 0 Å². The van der Waals surface area contributed by atoms with Gasteiger partial charge in [0.1, 0.15) is 5.75 Å². The maximum absolute atomic E-state index is 5.76. The summed E-state index contributed by atoms with van der Waals surface area (Å²) in [6.45, 7) is 1.52. The predicted octanol–water partition coefficient (Wildman–Crippen LogP) is 3.02. The van der Waals surface area contributed by atoms with Crippen LogP contribution in [0.1, 0.15) is 6.42 Å². The second-order valence-electron chi connectivity index (χ2n) is 4.46. The number of halogens is 1. The average Bonchev–Trinajstić information content (AvgIpc) is 2.51. The minimum Gasteiger partial charge on any atom is -0.494 e. The van der Waals surface area contributed by atoms with Gasteiger partial charge in [-0.05, 0) is 29.3 Å². The van der Waals surface area contributed by atoms with Crippen LogP contribution in [0.25, 0.3) is 10.8 Å². The lowest BCUT2D eigenvalue weighted by Crippen LogP contribution is -2.35. The predicted molar refractivity (Wildman–Crippen MR) is 99.9 cm³/mol. The third kappa shape index (κ3) is 5.41. The van der Waals surface area contributed by atoms with Crippen molar-refractivity contribution in [3.8, 4) is 5.75 Å². The molecule has 0 atom stereocenters. The van der Waals surface area contributed by atoms with Crippen LogP contribution in [-0.4, -0.2) is 33.2 Å². The van der Waals surface area contributed by atoms with Gasteiger partial charge in [-0.15, -0.1) is 24.0 Å². The number of guanidine groups is 1. The van der Waals surface area contributed by atoms with E-state index in [1.807, 2.05) is 25.2 Å². The van der Waals surface area contributed by atoms with Crippen LogP contribution in [0.15, 0.2) is 47.5 Å². The summed E-state index contributed by atoms with van der Waals surface area (Å²) in [4.78, 5) is 4.05. The van der Waals surface area contributed by atoms with Gasteiger partial charge in [-0.2, -0.15) is 0 Å². The van der Waals surface area contributed by atoms with Crippen LogP contribution >= 0.6 is 24.0 Å². The van der Waals surface area contributed by atoms with Crippen LogP contribution < -0.4 is 15.4 Å². The molecular formula is C16H22IN3O. The smallest absolute Gasteiger partial charge is 0.190 e. The molecule has 114 valence electrons. The van der Waals surface area contributed by atoms with Gasteiger partial charge in [-0.25, -0.2) is 0 Å². The Balaban J connectivity index is 0.00000220. The number of nitrogens with one attached hydrogen (secondary N) is 2. The Bertz CT molecular complexity index is 586. The van der Waals surface area contributed by atoms with Gasteiger partial charge in [-0.3, -0.25) is 4.99 Å². The minimum absolute atomic E-state index is 0. The zero-order valence-electron chi connectivity index (χ0n) is 12.4. The lowest BCUT2D eigenvalue weighted by Gasteiger charge is -2.10. The van der Waals surface area contributed by atoms with E-state index in [1.165, 1.54) is 10.8 Å². The SMILES string of the molecule is CN=C(NC)NCCCOc1ccc2ccccc2c1.I. The highest BCUT2D eigenvalue weighted by atomic mass is 127. The van der Waals surface area contributed by atoms with Gasteiger partial charge in [0.15, 0.2) is 5.96 Å². The van der Waals surface area contributed by atoms with E-state index >= 15 is 0 Å². The number of hydrogen-bond donors (Lipinski definition) is 2. The zero-order chi connectivity index (χ0) is 14.2. The quantitative estimate of drug-likeness (QED) is 0.352. The van der Waals surface area contributed by atoms with E-state index in [0.717, 1.165) is 24.7 Å². The third-order valence-corrected chi connectivity index (χ3v) is 3.06. The molecule has 0 saturated carbocycles. The average molecular weight is 399 g/mol. The standard InChI is InChI=1S/C16H21N3O.HI/c1-17-16(18-2)19-10-5-11-20-15-9-8-13-6-3-4-7-14(13)12-15;/h3-4,6-9,12H,5,10-11H2,1-2H3,(H2,17,18,19);1H. The Hall–Kier alpha value is -1.50. The largest absolute Gasteiger partial charge is 0.494 e. The first-order valence-electron chi connectivity index (χ1n) is 6.83. The van der Waals surface area contributed by atoms with Gasteiger partial charge < -0.3 is 15.4 Å². The van der Waals surface area contributed by atoms with Gasteiger partial charge in [-0.1, -0.05) is 30.3 Å². The molecule has 0 aromatic heterocycles. The van der Waals surface area contributed by atoms with Crippen molar-refractivity contribution < 1.29 is 4.74 Å². The molecule has 2 aromatic carbocycles. The summed E-state index contributed by atoms with van der Waals surface area (Å²) in [5, 5.41) is 8.62. The van der Waals surface area contributed by atoms with Gasteiger partial charge in [0.05, 0.1) is 6.61 Å². The van der Waals surface area contributed by atoms with Gasteiger partial charge in [0.2, 0.25) is 0 Å². The van der Waals surface area contributed by atoms with Gasteiger partial charge in [0, 0.05) is 20.6 Å². The first-order chi connectivity index (χ1) is 9.83. The molecule has 2 N–H and O–H groups in total. The summed E-state index contributed by atoms with van der Waals surface area (Å²) in [6.07, 6.45) is 0.924. The molecule has 0 saturated heterocycles. The number of rotatable bonds is 5. The normalized spacial score (nSPS) is 10.9. The first kappa shape index (κ1) is 17.6. The van der Waals surface area contributed by atoms with Crippen molar-refractivity contribution in [3.63, 3.8) is 0 Å². The molecule has 0 unspecified atom stereocenters. The fourth-order valence-corrected chi connectivity index (χ4v) is 2.01. The van der Waals surface area contributed by atoms with E-state index in [4.69, 9.17) is 4.74 Å². The van der Waals surface area contributed by atoms with Crippen LogP contribution in [0.4, 0.5) is 0 Å². The molecule has 0 aliphatic rings. The Morgan fingerprint density at radius 2 is 1.90 bits per heavy atom. The molecule has 0 fully saturated rings. The number of benzene rings is 2. The fourth-order valence-electron chi connectivity index (χ4n) is 2.01. The van der Waals surface area contributed by atoms with Crippen LogP contribution in [0.3, 0.4) is 0 Å². The molecule has 0 amide bonds. The second kappa shape index (κ2) is 9.44. The van der Waals surface area contributed by atoms with E-state index in [-0.39, 0.29) is 24.0 Å². The third-order valence-electron chi connectivity index (χ3n) is 3.06. The van der Waals surface area contributed by atoms with Gasteiger partial charge >= 0.3 is 0 Å². The maximum Gasteiger partial charge on any atom is 0.190 e. The van der Waals surface area contributed by atoms with Crippen molar-refractivity contribution in [3.05, 3.63) is 42.5 Å². The molecule has 0 heterocycles. The summed E-state index contributed by atoms with van der Waals surface area (Å²) in [5.41, 5.74) is 0. The molecule has 0 radical (unpaired) electrons. The van der Waals surface area contributed by atoms with Crippen molar-refractivity contribution in [1.29, 1.82) is 0 Å². The summed E-state index contributed by atoms with van der Waals surface area (Å²) in [5.74, 6) is 1.72. The van der Waals surface area contributed by atoms with Crippen molar-refractivity contribution in [2.24, 2.45) is 4.99 Å². The van der Waals surface area contributed by atoms with Gasteiger partial charge in [0.25, 0.3) is 0 Å². The molecule has 2 rings (SSSR count). The fraction of sp³-hybridized carbons (Fsp3) is 0.312. The zero-order valence-corrected chi connectivity index (χ0v) is 14.8. The molecule has 0 aliphatic heterocycles. The van der Waals surface area contributed by atoms with Crippen molar-refractivity contribution in [2.45, 2.75) is 6.42 Å². The molecule has 4 nitrogen and oxygen atoms in total. The molecule has 2 aromatic rings. The molecule has 0 spiro atoms.